The number of hydrogen-bond acceptors (Lipinski definition) is 13. The Bertz CT molecular complexity index is 2340. The third-order valence-electron chi connectivity index (χ3n) is 14.1. The quantitative estimate of drug-likeness (QED) is 0.0733. The second-order valence-electron chi connectivity index (χ2n) is 21.6. The molecular formula is C52H74F6N6O11. The number of carboxylic acid groups (broad SMARTS) is 1. The largest absolute Gasteiger partial charge is 0.480 e. The van der Waals surface area contributed by atoms with Crippen LogP contribution in [0.15, 0.2) is 48.5 Å². The fourth-order valence-electron chi connectivity index (χ4n) is 9.44. The van der Waals surface area contributed by atoms with Crippen molar-refractivity contribution in [1.29, 1.82) is 0 Å². The van der Waals surface area contributed by atoms with Crippen LogP contribution in [0.2, 0.25) is 0 Å². The lowest BCUT2D eigenvalue weighted by Crippen LogP contribution is -2.57. The Hall–Kier alpha value is -5.68. The predicted octanol–water partition coefficient (Wildman–Crippen LogP) is 7.04. The van der Waals surface area contributed by atoms with Crippen LogP contribution >= 0.6 is 0 Å². The third kappa shape index (κ3) is 15.5. The zero-order chi connectivity index (χ0) is 56.6. The van der Waals surface area contributed by atoms with Crippen LogP contribution in [0.3, 0.4) is 0 Å². The number of carbonyl (C=O) groups excluding carboxylic acids is 5. The molecule has 0 unspecified atom stereocenters. The topological polar surface area (TPSA) is 223 Å². The molecule has 420 valence electrons. The summed E-state index contributed by atoms with van der Waals surface area (Å²) in [6, 6.07) is 6.04. The van der Waals surface area contributed by atoms with Crippen LogP contribution in [0.5, 0.6) is 0 Å². The van der Waals surface area contributed by atoms with Crippen molar-refractivity contribution in [3.05, 3.63) is 59.7 Å². The normalized spacial score (nSPS) is 25.9. The third-order valence-corrected chi connectivity index (χ3v) is 14.1. The minimum atomic E-state index is -4.53. The first-order valence-corrected chi connectivity index (χ1v) is 24.8. The lowest BCUT2D eigenvalue weighted by Gasteiger charge is -2.36. The molecule has 2 aromatic rings. The summed E-state index contributed by atoms with van der Waals surface area (Å²) < 4.78 is 97.8. The predicted molar refractivity (Wildman–Crippen MR) is 265 cm³/mol. The number of methoxy groups -OCH3 is 4. The van der Waals surface area contributed by atoms with Gasteiger partial charge in [0.15, 0.2) is 0 Å². The molecule has 2 aromatic carbocycles. The number of rotatable bonds is 16. The van der Waals surface area contributed by atoms with Crippen molar-refractivity contribution < 1.29 is 79.2 Å². The highest BCUT2D eigenvalue weighted by Gasteiger charge is 2.63. The summed E-state index contributed by atoms with van der Waals surface area (Å²) in [4.78, 5) is 76.4. The molecule has 2 saturated carbocycles. The number of halogens is 6. The molecule has 6 rings (SSSR count). The van der Waals surface area contributed by atoms with E-state index in [-0.39, 0.29) is 60.2 Å². The molecule has 0 bridgehead atoms. The Labute approximate surface area is 434 Å². The molecule has 17 nitrogen and oxygen atoms in total. The van der Waals surface area contributed by atoms with Gasteiger partial charge in [0.05, 0.1) is 43.6 Å². The first-order chi connectivity index (χ1) is 34.8. The maximum atomic E-state index is 13.9. The molecule has 0 radical (unpaired) electrons. The van der Waals surface area contributed by atoms with E-state index in [1.54, 1.807) is 48.7 Å². The van der Waals surface area contributed by atoms with Crippen molar-refractivity contribution >= 4 is 47.0 Å². The molecule has 6 N–H and O–H groups in total. The second-order valence-corrected chi connectivity index (χ2v) is 21.6. The summed E-state index contributed by atoms with van der Waals surface area (Å²) in [7, 11) is 5.74. The van der Waals surface area contributed by atoms with Gasteiger partial charge in [-0.05, 0) is 78.3 Å². The monoisotopic (exact) mass is 1070 g/mol. The van der Waals surface area contributed by atoms with Crippen LogP contribution in [0.4, 0.5) is 37.7 Å². The van der Waals surface area contributed by atoms with E-state index in [0.29, 0.717) is 32.2 Å². The van der Waals surface area contributed by atoms with Crippen molar-refractivity contribution in [1.82, 2.24) is 20.9 Å². The molecule has 2 saturated heterocycles. The number of amides is 3. The van der Waals surface area contributed by atoms with Gasteiger partial charge < -0.3 is 55.5 Å². The summed E-state index contributed by atoms with van der Waals surface area (Å²) in [5, 5.41) is 23.5. The number of nitrogens with one attached hydrogen (secondary N) is 5. The number of carboxylic acids is 1. The fraction of sp³-hybridized carbons (Fsp3) is 0.654. The lowest BCUT2D eigenvalue weighted by molar-refractivity contribution is -0.148. The zero-order valence-corrected chi connectivity index (χ0v) is 44.6. The van der Waals surface area contributed by atoms with E-state index in [9.17, 15) is 55.1 Å². The van der Waals surface area contributed by atoms with Gasteiger partial charge in [0.25, 0.3) is 0 Å². The van der Waals surface area contributed by atoms with Crippen LogP contribution in [0, 0.1) is 22.7 Å². The van der Waals surface area contributed by atoms with E-state index >= 15 is 0 Å². The molecular weight excluding hydrogens is 999 g/mol. The number of alkyl halides is 6. The molecule has 10 atom stereocenters. The van der Waals surface area contributed by atoms with Crippen molar-refractivity contribution in [3.63, 3.8) is 0 Å². The van der Waals surface area contributed by atoms with Gasteiger partial charge in [-0.25, -0.2) is 14.4 Å². The van der Waals surface area contributed by atoms with Crippen LogP contribution < -0.4 is 26.6 Å². The van der Waals surface area contributed by atoms with Gasteiger partial charge in [-0.15, -0.1) is 0 Å². The van der Waals surface area contributed by atoms with Gasteiger partial charge >= 0.3 is 30.3 Å². The molecule has 0 spiro atoms. The molecule has 4 fully saturated rings. The first kappa shape index (κ1) is 61.9. The van der Waals surface area contributed by atoms with Crippen molar-refractivity contribution in [2.24, 2.45) is 22.7 Å². The smallest absolute Gasteiger partial charge is 0.416 e. The fourth-order valence-corrected chi connectivity index (χ4v) is 9.44. The highest BCUT2D eigenvalue weighted by atomic mass is 19.4. The summed E-state index contributed by atoms with van der Waals surface area (Å²) >= 11 is 0. The van der Waals surface area contributed by atoms with Gasteiger partial charge in [0.2, 0.25) is 17.7 Å². The van der Waals surface area contributed by atoms with E-state index in [2.05, 4.69) is 26.6 Å². The number of carbonyl (C=O) groups is 6. The summed E-state index contributed by atoms with van der Waals surface area (Å²) in [5.74, 6) is -2.91. The minimum Gasteiger partial charge on any atom is -0.480 e. The average molecular weight is 1070 g/mol. The van der Waals surface area contributed by atoms with E-state index in [0.717, 1.165) is 30.7 Å². The number of aliphatic carboxylic acids is 1. The van der Waals surface area contributed by atoms with Crippen LogP contribution in [-0.2, 0) is 60.1 Å². The Balaban J connectivity index is 0.000000269. The number of anilines is 2. The number of ether oxygens (including phenoxy) is 4. The molecule has 23 heteroatoms. The number of likely N-dealkylation sites (tertiary alicyclic amines) is 1. The average Bonchev–Trinajstić information content (AvgIpc) is 4.08. The van der Waals surface area contributed by atoms with Crippen molar-refractivity contribution in [2.75, 3.05) is 52.2 Å². The Morgan fingerprint density at radius 3 is 1.48 bits per heavy atom. The molecule has 2 heterocycles. The highest BCUT2D eigenvalue weighted by molar-refractivity contribution is 5.97. The molecule has 0 aromatic heterocycles. The van der Waals surface area contributed by atoms with E-state index in [4.69, 9.17) is 24.1 Å². The minimum absolute atomic E-state index is 0.0578. The highest BCUT2D eigenvalue weighted by Crippen LogP contribution is 2.48. The van der Waals surface area contributed by atoms with E-state index in [1.165, 1.54) is 50.5 Å². The van der Waals surface area contributed by atoms with Gasteiger partial charge in [0.1, 0.15) is 29.2 Å². The maximum absolute atomic E-state index is 13.9. The summed E-state index contributed by atoms with van der Waals surface area (Å²) in [5.41, 5.74) is -4.62. The number of benzene rings is 2. The zero-order valence-electron chi connectivity index (χ0n) is 44.6. The summed E-state index contributed by atoms with van der Waals surface area (Å²) in [6.45, 7) is 15.2. The van der Waals surface area contributed by atoms with Crippen LogP contribution in [0.1, 0.15) is 105 Å². The second kappa shape index (κ2) is 24.5. The van der Waals surface area contributed by atoms with Crippen molar-refractivity contribution in [3.8, 4) is 0 Å². The Morgan fingerprint density at radius 1 is 0.680 bits per heavy atom. The van der Waals surface area contributed by atoms with Gasteiger partial charge in [-0.2, -0.15) is 26.3 Å². The molecule has 3 amide bonds. The SMILES string of the molecule is CC(C)(C)[C@H](Nc1cccc(C(F)(F)F)c1)C(=O)O.CC[C@@H]1C[C@]1(NC(=O)[C@@H]1C[C@@H](OC)CN1)C(=O)OC.CC[C@@H]1C[C@]1(NC(=O)[C@@H]1C[C@@H](OC)CN1C(=O)[C@@H](Nc1cccc(C(F)(F)F)c1)C(C)(C)C)C(=O)OC. The number of esters is 2. The molecule has 4 aliphatic rings. The Kier molecular flexibility index (Phi) is 20.2. The van der Waals surface area contributed by atoms with Crippen molar-refractivity contribution in [2.45, 2.75) is 154 Å². The lowest BCUT2D eigenvalue weighted by atomic mass is 9.85. The molecule has 75 heavy (non-hydrogen) atoms. The Morgan fingerprint density at radius 2 is 1.12 bits per heavy atom. The number of hydrogen-bond donors (Lipinski definition) is 6. The van der Waals surface area contributed by atoms with E-state index in [1.807, 2.05) is 13.8 Å². The standard InChI is InChI=1S/C26H36F3N3O5.C13H16F3NO2.C13H22N2O4/c1-7-15-13-25(15,23(35)37-6)31-21(33)19-12-18(36-5)14-32(19)22(34)20(24(2,3)4)30-17-10-8-9-16(11-17)26(27,28)29;1-12(2,3)10(11(18)19)17-9-6-4-5-8(7-9)13(14,15)16;1-4-8-6-13(8,12(17)19-3)15-11(16)10-5-9(18-2)7-14-10/h8-11,15,18-20,30H,7,12-14H2,1-6H3,(H,31,33);4-7,10,17H,1-3H3,(H,18,19);8-10,14H,4-7H2,1-3H3,(H,15,16)/t15-,18-,19+,20-,25-;10-;8-,9-,10+,13-/m111/s1. The van der Waals surface area contributed by atoms with E-state index < -0.39 is 93.4 Å². The first-order valence-electron chi connectivity index (χ1n) is 24.8. The number of nitrogens with zero attached hydrogens (tertiary/aromatic N) is 1. The molecule has 2 aliphatic carbocycles. The van der Waals surface area contributed by atoms with Gasteiger partial charge in [-0.3, -0.25) is 14.4 Å². The van der Waals surface area contributed by atoms with Crippen LogP contribution in [-0.4, -0.2) is 135 Å². The maximum Gasteiger partial charge on any atom is 0.416 e. The van der Waals surface area contributed by atoms with Crippen LogP contribution in [0.25, 0.3) is 0 Å². The summed E-state index contributed by atoms with van der Waals surface area (Å²) in [6.07, 6.45) is -5.81. The molecule has 2 aliphatic heterocycles. The van der Waals surface area contributed by atoms with Gasteiger partial charge in [0, 0.05) is 45.1 Å². The van der Waals surface area contributed by atoms with Gasteiger partial charge in [-0.1, -0.05) is 80.4 Å².